The van der Waals surface area contributed by atoms with Gasteiger partial charge in [-0.2, -0.15) is 5.26 Å². The summed E-state index contributed by atoms with van der Waals surface area (Å²) in [6, 6.07) is 18.6. The molecule has 168 valence electrons. The third-order valence-corrected chi connectivity index (χ3v) is 4.46. The molecule has 1 heterocycles. The second kappa shape index (κ2) is 11.2. The van der Waals surface area contributed by atoms with Crippen LogP contribution in [0.15, 0.2) is 76.9 Å². The molecular formula is C25H22N2O6. The summed E-state index contributed by atoms with van der Waals surface area (Å²) in [5.74, 6) is 0.885. The van der Waals surface area contributed by atoms with Crippen molar-refractivity contribution in [3.05, 3.63) is 83.8 Å². The zero-order chi connectivity index (χ0) is 23.6. The number of esters is 1. The summed E-state index contributed by atoms with van der Waals surface area (Å²) in [6.45, 7) is 1.76. The summed E-state index contributed by atoms with van der Waals surface area (Å²) >= 11 is 0. The first-order valence-corrected chi connectivity index (χ1v) is 10.0. The van der Waals surface area contributed by atoms with Crippen LogP contribution in [0.2, 0.25) is 0 Å². The van der Waals surface area contributed by atoms with Gasteiger partial charge in [-0.3, -0.25) is 4.79 Å². The van der Waals surface area contributed by atoms with E-state index in [2.05, 4.69) is 5.32 Å². The molecule has 2 aromatic carbocycles. The highest BCUT2D eigenvalue weighted by atomic mass is 16.6. The third-order valence-electron chi connectivity index (χ3n) is 4.46. The molecule has 8 nitrogen and oxygen atoms in total. The van der Waals surface area contributed by atoms with Crippen molar-refractivity contribution in [3.8, 4) is 23.3 Å². The van der Waals surface area contributed by atoms with Crippen molar-refractivity contribution in [1.29, 1.82) is 5.26 Å². The zero-order valence-electron chi connectivity index (χ0n) is 18.1. The van der Waals surface area contributed by atoms with Crippen molar-refractivity contribution in [2.24, 2.45) is 0 Å². The van der Waals surface area contributed by atoms with Gasteiger partial charge in [-0.1, -0.05) is 18.2 Å². The maximum Gasteiger partial charge on any atom is 0.352 e. The van der Waals surface area contributed by atoms with Crippen LogP contribution in [0.4, 0.5) is 0 Å². The highest BCUT2D eigenvalue weighted by Crippen LogP contribution is 2.21. The number of rotatable bonds is 9. The molecule has 0 radical (unpaired) electrons. The van der Waals surface area contributed by atoms with Crippen LogP contribution in [0.25, 0.3) is 6.08 Å². The van der Waals surface area contributed by atoms with Crippen LogP contribution >= 0.6 is 0 Å². The number of benzene rings is 2. The van der Waals surface area contributed by atoms with Crippen molar-refractivity contribution in [1.82, 2.24) is 5.32 Å². The van der Waals surface area contributed by atoms with Gasteiger partial charge in [0.15, 0.2) is 6.10 Å². The number of ether oxygens (including phenoxy) is 3. The smallest absolute Gasteiger partial charge is 0.352 e. The number of amides is 1. The minimum atomic E-state index is -0.847. The maximum absolute atomic E-state index is 12.3. The van der Waals surface area contributed by atoms with Crippen LogP contribution in [0.3, 0.4) is 0 Å². The molecule has 0 aliphatic carbocycles. The van der Waals surface area contributed by atoms with Crippen molar-refractivity contribution < 1.29 is 28.2 Å². The highest BCUT2D eigenvalue weighted by molar-refractivity contribution is 6.01. The molecule has 0 saturated carbocycles. The Kier molecular flexibility index (Phi) is 7.86. The van der Waals surface area contributed by atoms with E-state index in [4.69, 9.17) is 18.6 Å². The lowest BCUT2D eigenvalue weighted by molar-refractivity contribution is -0.141. The van der Waals surface area contributed by atoms with Gasteiger partial charge < -0.3 is 23.9 Å². The molecule has 1 aromatic heterocycles. The molecular weight excluding hydrogens is 424 g/mol. The topological polar surface area (TPSA) is 111 Å². The van der Waals surface area contributed by atoms with Crippen LogP contribution in [0.1, 0.15) is 18.2 Å². The average molecular weight is 446 g/mol. The lowest BCUT2D eigenvalue weighted by atomic mass is 10.1. The summed E-state index contributed by atoms with van der Waals surface area (Å²) in [7, 11) is 1.54. The molecule has 1 amide bonds. The summed E-state index contributed by atoms with van der Waals surface area (Å²) < 4.78 is 21.2. The molecule has 0 spiro atoms. The number of nitriles is 1. The second-order valence-electron chi connectivity index (χ2n) is 6.86. The van der Waals surface area contributed by atoms with E-state index < -0.39 is 18.0 Å². The van der Waals surface area contributed by atoms with E-state index in [0.29, 0.717) is 28.6 Å². The lowest BCUT2D eigenvalue weighted by Gasteiger charge is -2.14. The molecule has 1 N–H and O–H groups in total. The summed E-state index contributed by atoms with van der Waals surface area (Å²) in [5, 5.41) is 11.9. The van der Waals surface area contributed by atoms with E-state index >= 15 is 0 Å². The summed E-state index contributed by atoms with van der Waals surface area (Å²) in [6.07, 6.45) is 2.10. The Hall–Kier alpha value is -4.51. The quantitative estimate of drug-likeness (QED) is 0.230. The molecule has 3 rings (SSSR count). The van der Waals surface area contributed by atoms with Crippen molar-refractivity contribution >= 4 is 18.0 Å². The molecule has 0 fully saturated rings. The van der Waals surface area contributed by atoms with E-state index in [0.717, 1.165) is 0 Å². The van der Waals surface area contributed by atoms with Gasteiger partial charge in [-0.05, 0) is 55.0 Å². The lowest BCUT2D eigenvalue weighted by Crippen LogP contribution is -2.28. The first-order chi connectivity index (χ1) is 16.0. The summed E-state index contributed by atoms with van der Waals surface area (Å²) in [5.41, 5.74) is 0.534. The SMILES string of the molecule is COc1cccc(OC(C)C(=O)Oc2ccc(/C=C(\C#N)C(=O)NCc3ccco3)cc2)c1. The number of carbonyl (C=O) groups is 2. The number of hydrogen-bond acceptors (Lipinski definition) is 7. The number of furan rings is 1. The number of methoxy groups -OCH3 is 1. The van der Waals surface area contributed by atoms with Gasteiger partial charge in [0.05, 0.1) is 19.9 Å². The number of hydrogen-bond donors (Lipinski definition) is 1. The molecule has 1 atom stereocenters. The minimum absolute atomic E-state index is 0.0633. The van der Waals surface area contributed by atoms with Crippen molar-refractivity contribution in [2.75, 3.05) is 7.11 Å². The standard InChI is InChI=1S/C25H22N2O6/c1-17(32-22-6-3-5-21(14-22)30-2)25(29)33-20-10-8-18(9-11-20)13-19(15-26)24(28)27-16-23-7-4-12-31-23/h3-14,17H,16H2,1-2H3,(H,27,28)/b19-13+. The normalized spacial score (nSPS) is 11.7. The Morgan fingerprint density at radius 1 is 1.09 bits per heavy atom. The Bertz CT molecular complexity index is 1160. The monoisotopic (exact) mass is 446 g/mol. The van der Waals surface area contributed by atoms with Crippen LogP contribution < -0.4 is 19.5 Å². The first kappa shape index (κ1) is 23.2. The zero-order valence-corrected chi connectivity index (χ0v) is 18.1. The number of nitrogens with one attached hydrogen (secondary N) is 1. The Labute approximate surface area is 191 Å². The molecule has 0 aliphatic rings. The highest BCUT2D eigenvalue weighted by Gasteiger charge is 2.18. The van der Waals surface area contributed by atoms with Crippen LogP contribution in [0, 0.1) is 11.3 Å². The summed E-state index contributed by atoms with van der Waals surface area (Å²) in [4.78, 5) is 24.6. The van der Waals surface area contributed by atoms with Gasteiger partial charge in [0.25, 0.3) is 5.91 Å². The minimum Gasteiger partial charge on any atom is -0.497 e. The molecule has 8 heteroatoms. The molecule has 0 aliphatic heterocycles. The van der Waals surface area contributed by atoms with Gasteiger partial charge in [0, 0.05) is 6.07 Å². The maximum atomic E-state index is 12.3. The fourth-order valence-corrected chi connectivity index (χ4v) is 2.75. The van der Waals surface area contributed by atoms with Gasteiger partial charge in [-0.25, -0.2) is 4.79 Å². The van der Waals surface area contributed by atoms with Gasteiger partial charge in [-0.15, -0.1) is 0 Å². The van der Waals surface area contributed by atoms with Gasteiger partial charge in [0.1, 0.15) is 34.7 Å². The second-order valence-corrected chi connectivity index (χ2v) is 6.86. The van der Waals surface area contributed by atoms with E-state index in [1.807, 2.05) is 6.07 Å². The molecule has 0 saturated heterocycles. The van der Waals surface area contributed by atoms with E-state index in [1.54, 1.807) is 74.7 Å². The third kappa shape index (κ3) is 6.74. The van der Waals surface area contributed by atoms with Crippen LogP contribution in [-0.4, -0.2) is 25.1 Å². The molecule has 0 bridgehead atoms. The Morgan fingerprint density at radius 3 is 2.52 bits per heavy atom. The predicted octanol–water partition coefficient (Wildman–Crippen LogP) is 3.88. The molecule has 33 heavy (non-hydrogen) atoms. The first-order valence-electron chi connectivity index (χ1n) is 10.0. The molecule has 1 unspecified atom stereocenters. The predicted molar refractivity (Wildman–Crippen MR) is 119 cm³/mol. The Balaban J connectivity index is 1.57. The van der Waals surface area contributed by atoms with E-state index in [-0.39, 0.29) is 12.1 Å². The largest absolute Gasteiger partial charge is 0.497 e. The average Bonchev–Trinajstić information content (AvgIpc) is 3.36. The number of carbonyl (C=O) groups excluding carboxylic acids is 2. The fourth-order valence-electron chi connectivity index (χ4n) is 2.75. The Morgan fingerprint density at radius 2 is 1.85 bits per heavy atom. The molecule has 3 aromatic rings. The van der Waals surface area contributed by atoms with E-state index in [1.165, 1.54) is 12.3 Å². The van der Waals surface area contributed by atoms with Crippen LogP contribution in [0.5, 0.6) is 17.2 Å². The van der Waals surface area contributed by atoms with Crippen molar-refractivity contribution in [2.45, 2.75) is 19.6 Å². The van der Waals surface area contributed by atoms with Gasteiger partial charge in [0.2, 0.25) is 0 Å². The van der Waals surface area contributed by atoms with E-state index in [9.17, 15) is 14.9 Å². The van der Waals surface area contributed by atoms with Gasteiger partial charge >= 0.3 is 5.97 Å². The van der Waals surface area contributed by atoms with Crippen LogP contribution in [-0.2, 0) is 16.1 Å². The van der Waals surface area contributed by atoms with Crippen molar-refractivity contribution in [3.63, 3.8) is 0 Å². The number of nitrogens with zero attached hydrogens (tertiary/aromatic N) is 1. The fraction of sp³-hybridized carbons (Fsp3) is 0.160.